The molecule has 0 saturated heterocycles. The molecule has 1 fully saturated rings. The van der Waals surface area contributed by atoms with Crippen molar-refractivity contribution in [3.8, 4) is 16.9 Å². The smallest absolute Gasteiger partial charge is 0.196 e. The number of benzene rings is 2. The van der Waals surface area contributed by atoms with Gasteiger partial charge in [0.1, 0.15) is 5.75 Å². The summed E-state index contributed by atoms with van der Waals surface area (Å²) in [6.07, 6.45) is 4.80. The summed E-state index contributed by atoms with van der Waals surface area (Å²) in [6, 6.07) is 15.9. The number of nitrogens with zero attached hydrogens (tertiary/aromatic N) is 1. The third kappa shape index (κ3) is 5.23. The molecule has 2 unspecified atom stereocenters. The maximum absolute atomic E-state index is 10.3. The van der Waals surface area contributed by atoms with Crippen molar-refractivity contribution in [1.29, 1.82) is 0 Å². The molecular formula is C22H29N3O2. The molecule has 5 nitrogen and oxygen atoms in total. The van der Waals surface area contributed by atoms with Crippen molar-refractivity contribution in [3.05, 3.63) is 48.5 Å². The van der Waals surface area contributed by atoms with E-state index in [0.717, 1.165) is 17.5 Å². The number of rotatable bonds is 5. The lowest BCUT2D eigenvalue weighted by atomic mass is 9.86. The largest absolute Gasteiger partial charge is 0.506 e. The molecule has 1 aliphatic carbocycles. The van der Waals surface area contributed by atoms with E-state index >= 15 is 0 Å². The molecule has 0 amide bonds. The number of phenols is 1. The minimum atomic E-state index is -0.0108. The second-order valence-corrected chi connectivity index (χ2v) is 7.19. The van der Waals surface area contributed by atoms with Gasteiger partial charge in [-0.15, -0.1) is 0 Å². The number of phenolic OH excluding ortho intramolecular Hbond substituents is 1. The van der Waals surface area contributed by atoms with Gasteiger partial charge in [-0.25, -0.2) is 0 Å². The lowest BCUT2D eigenvalue weighted by molar-refractivity contribution is 0.302. The van der Waals surface area contributed by atoms with E-state index in [-0.39, 0.29) is 12.4 Å². The molecule has 3 rings (SSSR count). The van der Waals surface area contributed by atoms with Crippen LogP contribution in [0, 0.1) is 5.92 Å². The predicted molar refractivity (Wildman–Crippen MR) is 111 cm³/mol. The molecule has 1 aliphatic rings. The third-order valence-corrected chi connectivity index (χ3v) is 5.16. The number of aliphatic hydroxyl groups is 1. The standard InChI is InChI=1S/C22H29N3O2/c1-16-7-5-6-10-19(16)24-22(23-13-14-26)25-20-15-18(11-12-21(20)27)17-8-3-2-4-9-17/h2-4,8-9,11-12,15-16,19,26-27H,5-7,10,13-14H2,1H3,(H2,23,24,25). The molecule has 0 bridgehead atoms. The highest BCUT2D eigenvalue weighted by Gasteiger charge is 2.22. The van der Waals surface area contributed by atoms with Crippen LogP contribution in [0.25, 0.3) is 11.1 Å². The summed E-state index contributed by atoms with van der Waals surface area (Å²) in [5, 5.41) is 26.2. The van der Waals surface area contributed by atoms with Gasteiger partial charge in [-0.1, -0.05) is 56.2 Å². The first kappa shape index (κ1) is 19.2. The summed E-state index contributed by atoms with van der Waals surface area (Å²) in [7, 11) is 0. The summed E-state index contributed by atoms with van der Waals surface area (Å²) >= 11 is 0. The molecule has 2 aromatic carbocycles. The maximum atomic E-state index is 10.3. The van der Waals surface area contributed by atoms with E-state index in [9.17, 15) is 10.2 Å². The van der Waals surface area contributed by atoms with Gasteiger partial charge in [0.05, 0.1) is 18.8 Å². The minimum absolute atomic E-state index is 0.0108. The number of aromatic hydroxyl groups is 1. The second-order valence-electron chi connectivity index (χ2n) is 7.19. The molecule has 0 heterocycles. The molecule has 2 atom stereocenters. The van der Waals surface area contributed by atoms with Crippen molar-refractivity contribution < 1.29 is 10.2 Å². The highest BCUT2D eigenvalue weighted by atomic mass is 16.3. The van der Waals surface area contributed by atoms with Crippen molar-refractivity contribution in [2.24, 2.45) is 10.9 Å². The fraction of sp³-hybridized carbons (Fsp3) is 0.409. The number of guanidine groups is 1. The van der Waals surface area contributed by atoms with Crippen LogP contribution >= 0.6 is 0 Å². The van der Waals surface area contributed by atoms with Gasteiger partial charge in [-0.3, -0.25) is 4.99 Å². The third-order valence-electron chi connectivity index (χ3n) is 5.16. The fourth-order valence-electron chi connectivity index (χ4n) is 3.56. The lowest BCUT2D eigenvalue weighted by Crippen LogP contribution is -2.44. The molecule has 0 radical (unpaired) electrons. The van der Waals surface area contributed by atoms with E-state index in [2.05, 4.69) is 22.5 Å². The Balaban J connectivity index is 1.80. The summed E-state index contributed by atoms with van der Waals surface area (Å²) in [6.45, 7) is 2.56. The average Bonchev–Trinajstić information content (AvgIpc) is 2.70. The molecular weight excluding hydrogens is 338 g/mol. The first-order valence-electron chi connectivity index (χ1n) is 9.74. The number of hydrogen-bond donors (Lipinski definition) is 4. The van der Waals surface area contributed by atoms with Gasteiger partial charge < -0.3 is 20.8 Å². The van der Waals surface area contributed by atoms with Gasteiger partial charge in [0, 0.05) is 6.04 Å². The highest BCUT2D eigenvalue weighted by Crippen LogP contribution is 2.30. The predicted octanol–water partition coefficient (Wildman–Crippen LogP) is 3.99. The number of aliphatic hydroxyl groups excluding tert-OH is 1. The van der Waals surface area contributed by atoms with E-state index in [0.29, 0.717) is 30.2 Å². The normalized spacial score (nSPS) is 20.3. The van der Waals surface area contributed by atoms with Gasteiger partial charge in [-0.05, 0) is 42.0 Å². The zero-order valence-electron chi connectivity index (χ0n) is 15.9. The molecule has 4 N–H and O–H groups in total. The van der Waals surface area contributed by atoms with Crippen LogP contribution in [-0.4, -0.2) is 35.4 Å². The van der Waals surface area contributed by atoms with E-state index in [1.54, 1.807) is 6.07 Å². The first-order valence-corrected chi connectivity index (χ1v) is 9.74. The Morgan fingerprint density at radius 1 is 1.07 bits per heavy atom. The van der Waals surface area contributed by atoms with Crippen LogP contribution in [0.2, 0.25) is 0 Å². The van der Waals surface area contributed by atoms with E-state index in [4.69, 9.17) is 0 Å². The maximum Gasteiger partial charge on any atom is 0.196 e. The summed E-state index contributed by atoms with van der Waals surface area (Å²) in [5.74, 6) is 1.34. The van der Waals surface area contributed by atoms with Crippen LogP contribution in [0.1, 0.15) is 32.6 Å². The quantitative estimate of drug-likeness (QED) is 0.366. The van der Waals surface area contributed by atoms with Crippen LogP contribution in [0.5, 0.6) is 5.75 Å². The Morgan fingerprint density at radius 2 is 1.85 bits per heavy atom. The summed E-state index contributed by atoms with van der Waals surface area (Å²) in [5.41, 5.74) is 2.70. The molecule has 5 heteroatoms. The zero-order chi connectivity index (χ0) is 19.1. The van der Waals surface area contributed by atoms with Gasteiger partial charge in [-0.2, -0.15) is 0 Å². The Morgan fingerprint density at radius 3 is 2.59 bits per heavy atom. The van der Waals surface area contributed by atoms with Crippen LogP contribution in [0.3, 0.4) is 0 Å². The Kier molecular flexibility index (Phi) is 6.71. The van der Waals surface area contributed by atoms with E-state index in [1.807, 2.05) is 42.5 Å². The zero-order valence-corrected chi connectivity index (χ0v) is 15.9. The van der Waals surface area contributed by atoms with Crippen LogP contribution in [0.15, 0.2) is 53.5 Å². The van der Waals surface area contributed by atoms with Gasteiger partial charge in [0.25, 0.3) is 0 Å². The van der Waals surface area contributed by atoms with Crippen LogP contribution in [0.4, 0.5) is 5.69 Å². The Hall–Kier alpha value is -2.53. The molecule has 0 aromatic heterocycles. The monoisotopic (exact) mass is 367 g/mol. The van der Waals surface area contributed by atoms with E-state index < -0.39 is 0 Å². The number of anilines is 1. The van der Waals surface area contributed by atoms with Crippen molar-refractivity contribution in [2.45, 2.75) is 38.6 Å². The number of nitrogens with one attached hydrogen (secondary N) is 2. The van der Waals surface area contributed by atoms with Gasteiger partial charge >= 0.3 is 0 Å². The highest BCUT2D eigenvalue weighted by molar-refractivity contribution is 5.96. The van der Waals surface area contributed by atoms with E-state index in [1.165, 1.54) is 19.3 Å². The van der Waals surface area contributed by atoms with Gasteiger partial charge in [0.2, 0.25) is 0 Å². The van der Waals surface area contributed by atoms with Gasteiger partial charge in [0.15, 0.2) is 5.96 Å². The Labute approximate surface area is 161 Å². The molecule has 1 saturated carbocycles. The van der Waals surface area contributed by atoms with Crippen LogP contribution < -0.4 is 10.6 Å². The molecule has 2 aromatic rings. The minimum Gasteiger partial charge on any atom is -0.506 e. The first-order chi connectivity index (χ1) is 13.2. The van der Waals surface area contributed by atoms with Crippen LogP contribution in [-0.2, 0) is 0 Å². The van der Waals surface area contributed by atoms with Crippen molar-refractivity contribution in [3.63, 3.8) is 0 Å². The summed E-state index contributed by atoms with van der Waals surface area (Å²) < 4.78 is 0. The molecule has 144 valence electrons. The van der Waals surface area contributed by atoms with Crippen molar-refractivity contribution >= 4 is 11.6 Å². The molecule has 0 aliphatic heterocycles. The second kappa shape index (κ2) is 9.42. The molecule has 0 spiro atoms. The number of hydrogen-bond acceptors (Lipinski definition) is 3. The summed E-state index contributed by atoms with van der Waals surface area (Å²) in [4.78, 5) is 4.44. The van der Waals surface area contributed by atoms with Crippen molar-refractivity contribution in [2.75, 3.05) is 18.5 Å². The topological polar surface area (TPSA) is 76.9 Å². The van der Waals surface area contributed by atoms with Crippen molar-refractivity contribution in [1.82, 2.24) is 5.32 Å². The Bertz CT molecular complexity index is 761. The lowest BCUT2D eigenvalue weighted by Gasteiger charge is -2.31. The average molecular weight is 367 g/mol. The fourth-order valence-corrected chi connectivity index (χ4v) is 3.56. The molecule has 27 heavy (non-hydrogen) atoms. The SMILES string of the molecule is CC1CCCCC1NC(=NCCO)Nc1cc(-c2ccccc2)ccc1O. The number of aliphatic imine (C=N–C) groups is 1.